The molecule has 0 atom stereocenters. The number of rotatable bonds is 7. The second kappa shape index (κ2) is 9.34. The fraction of sp³-hybridized carbons (Fsp3) is 0.625. The Morgan fingerprint density at radius 2 is 2.14 bits per heavy atom. The summed E-state index contributed by atoms with van der Waals surface area (Å²) in [6.07, 6.45) is 5.69. The predicted molar refractivity (Wildman–Crippen MR) is 87.3 cm³/mol. The third-order valence-electron chi connectivity index (χ3n) is 3.61. The van der Waals surface area contributed by atoms with E-state index in [9.17, 15) is 0 Å². The summed E-state index contributed by atoms with van der Waals surface area (Å²) in [5.74, 6) is 0.879. The van der Waals surface area contributed by atoms with E-state index in [0.29, 0.717) is 6.54 Å². The molecule has 5 nitrogen and oxygen atoms in total. The number of aromatic nitrogens is 1. The van der Waals surface area contributed by atoms with Gasteiger partial charge in [0.25, 0.3) is 0 Å². The first-order valence-corrected chi connectivity index (χ1v) is 8.03. The van der Waals surface area contributed by atoms with E-state index < -0.39 is 0 Å². The number of likely N-dealkylation sites (tertiary alicyclic amines) is 1. The summed E-state index contributed by atoms with van der Waals surface area (Å²) in [7, 11) is 0. The molecule has 1 aromatic heterocycles. The van der Waals surface area contributed by atoms with Crippen LogP contribution in [0.15, 0.2) is 29.4 Å². The lowest BCUT2D eigenvalue weighted by molar-refractivity contribution is 0.334. The Morgan fingerprint density at radius 1 is 1.29 bits per heavy atom. The van der Waals surface area contributed by atoms with Crippen LogP contribution in [0.5, 0.6) is 0 Å². The van der Waals surface area contributed by atoms with Crippen LogP contribution in [0.4, 0.5) is 0 Å². The van der Waals surface area contributed by atoms with Crippen LogP contribution in [-0.4, -0.2) is 48.6 Å². The SMILES string of the molecule is CCNC(=NCc1ccccn1)NCCCN1CCCC1. The highest BCUT2D eigenvalue weighted by atomic mass is 15.2. The Bertz CT molecular complexity index is 412. The molecule has 2 rings (SSSR count). The molecular weight excluding hydrogens is 262 g/mol. The fourth-order valence-electron chi connectivity index (χ4n) is 2.51. The van der Waals surface area contributed by atoms with Crippen LogP contribution in [-0.2, 0) is 6.54 Å². The monoisotopic (exact) mass is 289 g/mol. The van der Waals surface area contributed by atoms with Crippen molar-refractivity contribution in [2.24, 2.45) is 4.99 Å². The highest BCUT2D eigenvalue weighted by molar-refractivity contribution is 5.79. The van der Waals surface area contributed by atoms with E-state index in [4.69, 9.17) is 0 Å². The second-order valence-electron chi connectivity index (χ2n) is 5.35. The number of nitrogens with one attached hydrogen (secondary N) is 2. The summed E-state index contributed by atoms with van der Waals surface area (Å²) in [6.45, 7) is 8.27. The lowest BCUT2D eigenvalue weighted by Crippen LogP contribution is -2.38. The first-order valence-electron chi connectivity index (χ1n) is 8.03. The topological polar surface area (TPSA) is 52.6 Å². The van der Waals surface area contributed by atoms with Crippen molar-refractivity contribution >= 4 is 5.96 Å². The van der Waals surface area contributed by atoms with Crippen molar-refractivity contribution in [1.82, 2.24) is 20.5 Å². The van der Waals surface area contributed by atoms with Crippen molar-refractivity contribution in [3.63, 3.8) is 0 Å². The van der Waals surface area contributed by atoms with Gasteiger partial charge in [-0.25, -0.2) is 4.99 Å². The third-order valence-corrected chi connectivity index (χ3v) is 3.61. The molecule has 0 radical (unpaired) electrons. The molecule has 1 aliphatic rings. The molecule has 0 unspecified atom stereocenters. The Balaban J connectivity index is 1.70. The van der Waals surface area contributed by atoms with E-state index in [1.54, 1.807) is 6.20 Å². The second-order valence-corrected chi connectivity index (χ2v) is 5.35. The minimum absolute atomic E-state index is 0.613. The fourth-order valence-corrected chi connectivity index (χ4v) is 2.51. The van der Waals surface area contributed by atoms with Gasteiger partial charge < -0.3 is 15.5 Å². The summed E-state index contributed by atoms with van der Waals surface area (Å²) in [5.41, 5.74) is 0.992. The van der Waals surface area contributed by atoms with Crippen molar-refractivity contribution in [3.8, 4) is 0 Å². The molecule has 0 spiro atoms. The Morgan fingerprint density at radius 3 is 2.86 bits per heavy atom. The van der Waals surface area contributed by atoms with Crippen LogP contribution in [0.3, 0.4) is 0 Å². The summed E-state index contributed by atoms with van der Waals surface area (Å²) in [5, 5.41) is 6.68. The van der Waals surface area contributed by atoms with Gasteiger partial charge in [0.05, 0.1) is 12.2 Å². The van der Waals surface area contributed by atoms with Gasteiger partial charge in [0.1, 0.15) is 0 Å². The standard InChI is InChI=1S/C16H27N5/c1-2-17-16(20-14-15-8-3-4-9-18-15)19-10-7-13-21-11-5-6-12-21/h3-4,8-9H,2,5-7,10-14H2,1H3,(H2,17,19,20). The van der Waals surface area contributed by atoms with E-state index in [1.165, 1.54) is 32.5 Å². The van der Waals surface area contributed by atoms with Gasteiger partial charge in [-0.2, -0.15) is 0 Å². The Kier molecular flexibility index (Phi) is 7.01. The number of guanidine groups is 1. The van der Waals surface area contributed by atoms with Gasteiger partial charge in [0.15, 0.2) is 5.96 Å². The minimum atomic E-state index is 0.613. The van der Waals surface area contributed by atoms with Crippen LogP contribution >= 0.6 is 0 Å². The van der Waals surface area contributed by atoms with Crippen molar-refractivity contribution in [2.45, 2.75) is 32.7 Å². The summed E-state index contributed by atoms with van der Waals surface area (Å²) >= 11 is 0. The highest BCUT2D eigenvalue weighted by Gasteiger charge is 2.10. The molecule has 116 valence electrons. The molecule has 1 aliphatic heterocycles. The zero-order chi connectivity index (χ0) is 14.8. The van der Waals surface area contributed by atoms with Crippen LogP contribution in [0.1, 0.15) is 31.9 Å². The van der Waals surface area contributed by atoms with Crippen molar-refractivity contribution in [2.75, 3.05) is 32.7 Å². The van der Waals surface area contributed by atoms with Crippen molar-refractivity contribution in [3.05, 3.63) is 30.1 Å². The lowest BCUT2D eigenvalue weighted by Gasteiger charge is -2.15. The van der Waals surface area contributed by atoms with Gasteiger partial charge in [0, 0.05) is 19.3 Å². The molecule has 0 aromatic carbocycles. The maximum atomic E-state index is 4.57. The zero-order valence-electron chi connectivity index (χ0n) is 13.0. The van der Waals surface area contributed by atoms with E-state index >= 15 is 0 Å². The largest absolute Gasteiger partial charge is 0.357 e. The Hall–Kier alpha value is -1.62. The molecule has 2 N–H and O–H groups in total. The average Bonchev–Trinajstić information content (AvgIpc) is 3.03. The normalized spacial score (nSPS) is 16.1. The van der Waals surface area contributed by atoms with E-state index in [0.717, 1.165) is 31.2 Å². The van der Waals surface area contributed by atoms with Gasteiger partial charge in [0.2, 0.25) is 0 Å². The van der Waals surface area contributed by atoms with Gasteiger partial charge in [-0.05, 0) is 58.0 Å². The summed E-state index contributed by atoms with van der Waals surface area (Å²) in [6, 6.07) is 5.92. The zero-order valence-corrected chi connectivity index (χ0v) is 13.0. The van der Waals surface area contributed by atoms with Gasteiger partial charge in [-0.1, -0.05) is 6.07 Å². The number of pyridine rings is 1. The molecule has 1 fully saturated rings. The average molecular weight is 289 g/mol. The molecule has 0 saturated carbocycles. The van der Waals surface area contributed by atoms with Gasteiger partial charge >= 0.3 is 0 Å². The highest BCUT2D eigenvalue weighted by Crippen LogP contribution is 2.06. The van der Waals surface area contributed by atoms with E-state index in [2.05, 4.69) is 32.4 Å². The van der Waals surface area contributed by atoms with Crippen LogP contribution < -0.4 is 10.6 Å². The molecule has 1 saturated heterocycles. The molecule has 0 bridgehead atoms. The van der Waals surface area contributed by atoms with Crippen LogP contribution in [0, 0.1) is 0 Å². The molecule has 0 amide bonds. The molecular formula is C16H27N5. The summed E-state index contributed by atoms with van der Waals surface area (Å²) < 4.78 is 0. The Labute approximate surface area is 127 Å². The molecule has 1 aromatic rings. The number of nitrogens with zero attached hydrogens (tertiary/aromatic N) is 3. The summed E-state index contributed by atoms with van der Waals surface area (Å²) in [4.78, 5) is 11.4. The van der Waals surface area contributed by atoms with Crippen LogP contribution in [0.2, 0.25) is 0 Å². The predicted octanol–water partition coefficient (Wildman–Crippen LogP) is 1.62. The molecule has 5 heteroatoms. The molecule has 21 heavy (non-hydrogen) atoms. The quantitative estimate of drug-likeness (QED) is 0.455. The van der Waals surface area contributed by atoms with Crippen molar-refractivity contribution < 1.29 is 0 Å². The maximum absolute atomic E-state index is 4.57. The number of hydrogen-bond acceptors (Lipinski definition) is 3. The first-order chi connectivity index (χ1) is 10.4. The van der Waals surface area contributed by atoms with Gasteiger partial charge in [-0.15, -0.1) is 0 Å². The van der Waals surface area contributed by atoms with E-state index in [-0.39, 0.29) is 0 Å². The minimum Gasteiger partial charge on any atom is -0.357 e. The van der Waals surface area contributed by atoms with Gasteiger partial charge in [-0.3, -0.25) is 4.98 Å². The number of aliphatic imine (C=N–C) groups is 1. The number of hydrogen-bond donors (Lipinski definition) is 2. The molecule has 0 aliphatic carbocycles. The smallest absolute Gasteiger partial charge is 0.191 e. The lowest BCUT2D eigenvalue weighted by atomic mass is 10.3. The van der Waals surface area contributed by atoms with Crippen molar-refractivity contribution in [1.29, 1.82) is 0 Å². The molecule has 2 heterocycles. The first kappa shape index (κ1) is 15.8. The third kappa shape index (κ3) is 6.12. The maximum Gasteiger partial charge on any atom is 0.191 e. The van der Waals surface area contributed by atoms with E-state index in [1.807, 2.05) is 18.2 Å². The van der Waals surface area contributed by atoms with Crippen LogP contribution in [0.25, 0.3) is 0 Å².